The Morgan fingerprint density at radius 1 is 0.816 bits per heavy atom. The van der Waals surface area contributed by atoms with Crippen molar-refractivity contribution in [3.63, 3.8) is 0 Å². The maximum absolute atomic E-state index is 7.76. The summed E-state index contributed by atoms with van der Waals surface area (Å²) in [4.78, 5) is 0. The topological polar surface area (TPSA) is 0 Å². The summed E-state index contributed by atoms with van der Waals surface area (Å²) in [5, 5.41) is 3.00. The van der Waals surface area contributed by atoms with Crippen LogP contribution in [0.2, 0.25) is 0 Å². The average Bonchev–Trinajstić information content (AvgIpc) is 3.44. The Labute approximate surface area is 241 Å². The van der Waals surface area contributed by atoms with Gasteiger partial charge >= 0.3 is 243 Å². The zero-order valence-electron chi connectivity index (χ0n) is 22.8. The predicted octanol–water partition coefficient (Wildman–Crippen LogP) is 7.56. The molecule has 0 amide bonds. The summed E-state index contributed by atoms with van der Waals surface area (Å²) in [6, 6.07) is 29.2. The normalized spacial score (nSPS) is 16.8. The van der Waals surface area contributed by atoms with Crippen molar-refractivity contribution in [3.05, 3.63) is 107 Å². The van der Waals surface area contributed by atoms with Crippen molar-refractivity contribution < 1.29 is 17.9 Å². The van der Waals surface area contributed by atoms with Crippen LogP contribution in [-0.2, 0) is 29.7 Å². The summed E-state index contributed by atoms with van der Waals surface area (Å²) in [6.45, 7) is 11.5. The molecule has 6 rings (SSSR count). The number of hydrogen-bond donors (Lipinski definition) is 0. The van der Waals surface area contributed by atoms with E-state index in [1.54, 1.807) is 0 Å². The van der Waals surface area contributed by atoms with Crippen LogP contribution in [0, 0.1) is 0 Å². The quantitative estimate of drug-likeness (QED) is 0.180. The number of rotatable bonds is 4. The van der Waals surface area contributed by atoms with Gasteiger partial charge < -0.3 is 0 Å². The molecular weight excluding hydrogens is 599 g/mol. The first kappa shape index (κ1) is 26.5. The van der Waals surface area contributed by atoms with E-state index in [2.05, 4.69) is 120 Å². The first-order valence-electron chi connectivity index (χ1n) is 13.6. The van der Waals surface area contributed by atoms with Crippen molar-refractivity contribution in [3.8, 4) is 22.3 Å². The van der Waals surface area contributed by atoms with E-state index < -0.39 is 27.4 Å². The number of allylic oxidation sites excluding steroid dienone is 1. The zero-order valence-corrected chi connectivity index (χ0v) is 28.2. The van der Waals surface area contributed by atoms with Gasteiger partial charge in [0.1, 0.15) is 0 Å². The van der Waals surface area contributed by atoms with Gasteiger partial charge in [0.15, 0.2) is 0 Å². The SMILES string of the molecule is CCc1ccccc1-c1c(C(C)(C)C)ccc2c1C=C(C)[CH]2[Zr]([Cl])([Cl])[c]1cccc2c1[SiH2]c1ccccc1-2. The van der Waals surface area contributed by atoms with Gasteiger partial charge in [0.25, 0.3) is 0 Å². The minimum absolute atomic E-state index is 0.0188. The molecule has 0 saturated carbocycles. The maximum atomic E-state index is 7.76. The van der Waals surface area contributed by atoms with Crippen molar-refractivity contribution in [1.82, 2.24) is 0 Å². The van der Waals surface area contributed by atoms with Crippen LogP contribution in [0.5, 0.6) is 0 Å². The third-order valence-corrected chi connectivity index (χ3v) is 23.0. The first-order chi connectivity index (χ1) is 18.1. The van der Waals surface area contributed by atoms with Gasteiger partial charge in [-0.3, -0.25) is 0 Å². The third kappa shape index (κ3) is 4.19. The molecule has 4 aromatic carbocycles. The van der Waals surface area contributed by atoms with Crippen LogP contribution in [-0.4, -0.2) is 9.52 Å². The van der Waals surface area contributed by atoms with E-state index in [-0.39, 0.29) is 9.04 Å². The van der Waals surface area contributed by atoms with Crippen LogP contribution in [0.4, 0.5) is 0 Å². The summed E-state index contributed by atoms with van der Waals surface area (Å²) >= 11 is -3.93. The molecule has 0 saturated heterocycles. The van der Waals surface area contributed by atoms with Crippen molar-refractivity contribution in [2.24, 2.45) is 0 Å². The number of aryl methyl sites for hydroxylation is 1. The fourth-order valence-electron chi connectivity index (χ4n) is 6.69. The number of halogens is 2. The Balaban J connectivity index is 1.55. The molecule has 2 aliphatic rings. The van der Waals surface area contributed by atoms with Gasteiger partial charge in [-0.25, -0.2) is 0 Å². The molecule has 0 N–H and O–H groups in total. The molecule has 1 aliphatic carbocycles. The molecule has 0 radical (unpaired) electrons. The molecule has 4 aromatic rings. The average molecular weight is 633 g/mol. The molecule has 1 unspecified atom stereocenters. The standard InChI is InChI=1S/C22H25.C12H9Si.2ClH.Zr/c1-6-16-9-7-8-10-18(16)21-19-14-15(2)13-17(19)11-12-20(21)22(3,4)5;1-3-7-11-9(5-1)10-6-2-4-8-12(10)13-11;;;/h7-14H,6H2,1-5H3;1-7H,13H2;2*1H;/q;;;;+2/p-2. The van der Waals surface area contributed by atoms with Crippen molar-refractivity contribution >= 4 is 46.3 Å². The fraction of sp³-hybridized carbons (Fsp3) is 0.235. The van der Waals surface area contributed by atoms with Crippen LogP contribution in [0.3, 0.4) is 0 Å². The van der Waals surface area contributed by atoms with E-state index in [0.717, 1.165) is 6.42 Å². The summed E-state index contributed by atoms with van der Waals surface area (Å²) in [7, 11) is 14.9. The van der Waals surface area contributed by atoms with Crippen molar-refractivity contribution in [2.75, 3.05) is 0 Å². The predicted molar refractivity (Wildman–Crippen MR) is 167 cm³/mol. The fourth-order valence-corrected chi connectivity index (χ4v) is 23.8. The van der Waals surface area contributed by atoms with E-state index in [1.165, 1.54) is 63.7 Å². The molecule has 1 aliphatic heterocycles. The van der Waals surface area contributed by atoms with Crippen LogP contribution in [0.15, 0.2) is 84.4 Å². The summed E-state index contributed by atoms with van der Waals surface area (Å²) < 4.78 is 1.40. The van der Waals surface area contributed by atoms with Gasteiger partial charge in [0.05, 0.1) is 0 Å². The Kier molecular flexibility index (Phi) is 6.80. The second-order valence-electron chi connectivity index (χ2n) is 11.9. The van der Waals surface area contributed by atoms with Gasteiger partial charge in [-0.15, -0.1) is 0 Å². The number of hydrogen-bond acceptors (Lipinski definition) is 0. The summed E-state index contributed by atoms with van der Waals surface area (Å²) in [5.41, 5.74) is 12.2. The first-order valence-corrected chi connectivity index (χ1v) is 24.0. The van der Waals surface area contributed by atoms with Crippen LogP contribution in [0.25, 0.3) is 28.3 Å². The monoisotopic (exact) mass is 630 g/mol. The van der Waals surface area contributed by atoms with Crippen molar-refractivity contribution in [1.29, 1.82) is 0 Å². The molecule has 1 atom stereocenters. The number of benzene rings is 4. The molecule has 0 nitrogen and oxygen atoms in total. The second kappa shape index (κ2) is 9.74. The van der Waals surface area contributed by atoms with Crippen LogP contribution < -0.4 is 13.6 Å². The molecule has 0 fully saturated rings. The van der Waals surface area contributed by atoms with Crippen LogP contribution >= 0.6 is 17.0 Å². The van der Waals surface area contributed by atoms with Gasteiger partial charge in [-0.05, 0) is 0 Å². The Morgan fingerprint density at radius 3 is 2.24 bits per heavy atom. The van der Waals surface area contributed by atoms with E-state index >= 15 is 0 Å². The number of fused-ring (bicyclic) bond motifs is 4. The van der Waals surface area contributed by atoms with Gasteiger partial charge in [-0.1, -0.05) is 0 Å². The van der Waals surface area contributed by atoms with E-state index in [1.807, 2.05) is 0 Å². The van der Waals surface area contributed by atoms with E-state index in [0.29, 0.717) is 0 Å². The molecule has 1 heterocycles. The molecule has 0 bridgehead atoms. The third-order valence-electron chi connectivity index (χ3n) is 8.47. The summed E-state index contributed by atoms with van der Waals surface area (Å²) in [6.07, 6.45) is 3.41. The van der Waals surface area contributed by atoms with Crippen molar-refractivity contribution in [2.45, 2.75) is 50.1 Å². The van der Waals surface area contributed by atoms with Gasteiger partial charge in [-0.2, -0.15) is 0 Å². The Bertz CT molecular complexity index is 1610. The second-order valence-corrected chi connectivity index (χ2v) is 27.7. The van der Waals surface area contributed by atoms with E-state index in [9.17, 15) is 0 Å². The van der Waals surface area contributed by atoms with Gasteiger partial charge in [0, 0.05) is 0 Å². The molecule has 0 spiro atoms. The molecule has 4 heteroatoms. The molecule has 38 heavy (non-hydrogen) atoms. The molecular formula is C34H34Cl2SiZr. The van der Waals surface area contributed by atoms with Gasteiger partial charge in [0.2, 0.25) is 0 Å². The Hall–Kier alpha value is -1.70. The zero-order chi connectivity index (χ0) is 26.8. The Morgan fingerprint density at radius 2 is 1.50 bits per heavy atom. The molecule has 0 aromatic heterocycles. The molecule has 192 valence electrons. The minimum atomic E-state index is -3.93. The van der Waals surface area contributed by atoms with Crippen LogP contribution in [0.1, 0.15) is 60.5 Å². The summed E-state index contributed by atoms with van der Waals surface area (Å²) in [5.74, 6) is 0. The van der Waals surface area contributed by atoms with E-state index in [4.69, 9.17) is 17.0 Å².